The fourth-order valence-corrected chi connectivity index (χ4v) is 2.94. The number of carbonyl (C=O) groups is 1. The second-order valence-electron chi connectivity index (χ2n) is 6.55. The molecule has 0 aliphatic heterocycles. The Morgan fingerprint density at radius 3 is 2.27 bits per heavy atom. The SMILES string of the molecule is Cc1nn(C)c(C)c1CCC(=O)NCCN(C(C)C)C(C)C. The van der Waals surface area contributed by atoms with E-state index in [2.05, 4.69) is 49.9 Å². The monoisotopic (exact) mass is 308 g/mol. The molecule has 0 aliphatic rings. The minimum absolute atomic E-state index is 0.120. The summed E-state index contributed by atoms with van der Waals surface area (Å²) in [5.41, 5.74) is 3.37. The highest BCUT2D eigenvalue weighted by Gasteiger charge is 2.14. The van der Waals surface area contributed by atoms with Gasteiger partial charge in [0.2, 0.25) is 5.91 Å². The normalized spacial score (nSPS) is 11.7. The molecule has 1 N–H and O–H groups in total. The molecular formula is C17H32N4O. The molecule has 0 saturated heterocycles. The van der Waals surface area contributed by atoms with E-state index in [0.717, 1.165) is 24.4 Å². The van der Waals surface area contributed by atoms with Crippen LogP contribution in [-0.2, 0) is 18.3 Å². The van der Waals surface area contributed by atoms with Crippen molar-refractivity contribution in [1.82, 2.24) is 20.0 Å². The van der Waals surface area contributed by atoms with Gasteiger partial charge in [0.25, 0.3) is 0 Å². The molecule has 22 heavy (non-hydrogen) atoms. The highest BCUT2D eigenvalue weighted by atomic mass is 16.1. The van der Waals surface area contributed by atoms with E-state index in [0.29, 0.717) is 25.0 Å². The summed E-state index contributed by atoms with van der Waals surface area (Å²) in [6, 6.07) is 0.996. The number of rotatable bonds is 8. The average molecular weight is 308 g/mol. The van der Waals surface area contributed by atoms with Crippen LogP contribution in [0.15, 0.2) is 0 Å². The number of hydrogen-bond donors (Lipinski definition) is 1. The van der Waals surface area contributed by atoms with E-state index in [1.807, 2.05) is 18.7 Å². The molecule has 0 unspecified atom stereocenters. The summed E-state index contributed by atoms with van der Waals surface area (Å²) < 4.78 is 1.88. The van der Waals surface area contributed by atoms with Crippen LogP contribution < -0.4 is 5.32 Å². The molecule has 126 valence electrons. The highest BCUT2D eigenvalue weighted by Crippen LogP contribution is 2.13. The zero-order valence-electron chi connectivity index (χ0n) is 15.2. The smallest absolute Gasteiger partial charge is 0.220 e. The van der Waals surface area contributed by atoms with E-state index in [9.17, 15) is 4.79 Å². The van der Waals surface area contributed by atoms with Gasteiger partial charge in [0.1, 0.15) is 0 Å². The van der Waals surface area contributed by atoms with Crippen molar-refractivity contribution in [2.24, 2.45) is 7.05 Å². The molecule has 1 rings (SSSR count). The van der Waals surface area contributed by atoms with Crippen LogP contribution in [0.5, 0.6) is 0 Å². The Balaban J connectivity index is 2.38. The molecule has 1 aromatic heterocycles. The third-order valence-corrected chi connectivity index (χ3v) is 4.28. The lowest BCUT2D eigenvalue weighted by atomic mass is 10.1. The summed E-state index contributed by atoms with van der Waals surface area (Å²) >= 11 is 0. The van der Waals surface area contributed by atoms with Crippen LogP contribution in [0.4, 0.5) is 0 Å². The fourth-order valence-electron chi connectivity index (χ4n) is 2.94. The van der Waals surface area contributed by atoms with Gasteiger partial charge in [-0.25, -0.2) is 0 Å². The molecule has 0 spiro atoms. The number of carbonyl (C=O) groups excluding carboxylic acids is 1. The zero-order valence-corrected chi connectivity index (χ0v) is 15.2. The van der Waals surface area contributed by atoms with Crippen LogP contribution >= 0.6 is 0 Å². The van der Waals surface area contributed by atoms with Crippen molar-refractivity contribution in [3.8, 4) is 0 Å². The van der Waals surface area contributed by atoms with Crippen LogP contribution in [0.2, 0.25) is 0 Å². The van der Waals surface area contributed by atoms with Gasteiger partial charge < -0.3 is 5.32 Å². The fraction of sp³-hybridized carbons (Fsp3) is 0.765. The maximum absolute atomic E-state index is 12.0. The molecule has 0 aliphatic carbocycles. The molecule has 0 atom stereocenters. The first-order valence-corrected chi connectivity index (χ1v) is 8.25. The first-order valence-electron chi connectivity index (χ1n) is 8.25. The van der Waals surface area contributed by atoms with Crippen molar-refractivity contribution in [1.29, 1.82) is 0 Å². The molecule has 0 fully saturated rings. The van der Waals surface area contributed by atoms with Crippen molar-refractivity contribution in [3.05, 3.63) is 17.0 Å². The van der Waals surface area contributed by atoms with E-state index < -0.39 is 0 Å². The van der Waals surface area contributed by atoms with E-state index >= 15 is 0 Å². The lowest BCUT2D eigenvalue weighted by molar-refractivity contribution is -0.121. The minimum Gasteiger partial charge on any atom is -0.355 e. The van der Waals surface area contributed by atoms with Gasteiger partial charge in [0, 0.05) is 44.3 Å². The summed E-state index contributed by atoms with van der Waals surface area (Å²) in [6.07, 6.45) is 1.28. The predicted octanol–water partition coefficient (Wildman–Crippen LogP) is 2.20. The number of amides is 1. The topological polar surface area (TPSA) is 50.2 Å². The highest BCUT2D eigenvalue weighted by molar-refractivity contribution is 5.76. The predicted molar refractivity (Wildman–Crippen MR) is 91.0 cm³/mol. The van der Waals surface area contributed by atoms with Gasteiger partial charge in [-0.1, -0.05) is 0 Å². The number of nitrogens with one attached hydrogen (secondary N) is 1. The first-order chi connectivity index (χ1) is 10.2. The average Bonchev–Trinajstić information content (AvgIpc) is 2.65. The Morgan fingerprint density at radius 2 is 1.82 bits per heavy atom. The first kappa shape index (κ1) is 18.7. The van der Waals surface area contributed by atoms with E-state index in [1.165, 1.54) is 5.56 Å². The number of nitrogens with zero attached hydrogens (tertiary/aromatic N) is 3. The summed E-state index contributed by atoms with van der Waals surface area (Å²) in [6.45, 7) is 14.4. The Labute approximate surface area is 135 Å². The second-order valence-corrected chi connectivity index (χ2v) is 6.55. The van der Waals surface area contributed by atoms with Crippen molar-refractivity contribution in [2.75, 3.05) is 13.1 Å². The van der Waals surface area contributed by atoms with Crippen molar-refractivity contribution in [3.63, 3.8) is 0 Å². The van der Waals surface area contributed by atoms with E-state index in [-0.39, 0.29) is 5.91 Å². The van der Waals surface area contributed by atoms with Gasteiger partial charge in [-0.2, -0.15) is 5.10 Å². The van der Waals surface area contributed by atoms with E-state index in [4.69, 9.17) is 0 Å². The maximum atomic E-state index is 12.0. The Hall–Kier alpha value is -1.36. The molecule has 5 heteroatoms. The van der Waals surface area contributed by atoms with Crippen LogP contribution in [0, 0.1) is 13.8 Å². The molecule has 1 amide bonds. The molecule has 0 aromatic carbocycles. The molecule has 0 bridgehead atoms. The van der Waals surface area contributed by atoms with Gasteiger partial charge in [-0.3, -0.25) is 14.4 Å². The molecule has 0 saturated carbocycles. The Kier molecular flexibility index (Phi) is 7.07. The molecule has 1 heterocycles. The number of aromatic nitrogens is 2. The number of aryl methyl sites for hydroxylation is 2. The standard InChI is InChI=1S/C17H32N4O/c1-12(2)21(13(3)4)11-10-18-17(22)9-8-16-14(5)19-20(7)15(16)6/h12-13H,8-11H2,1-7H3,(H,18,22). The second kappa shape index (κ2) is 8.32. The molecule has 5 nitrogen and oxygen atoms in total. The largest absolute Gasteiger partial charge is 0.355 e. The maximum Gasteiger partial charge on any atom is 0.220 e. The number of hydrogen-bond acceptors (Lipinski definition) is 3. The molecule has 1 aromatic rings. The lowest BCUT2D eigenvalue weighted by Crippen LogP contribution is -2.42. The van der Waals surface area contributed by atoms with E-state index in [1.54, 1.807) is 0 Å². The summed E-state index contributed by atoms with van der Waals surface area (Å²) in [5.74, 6) is 0.120. The minimum atomic E-state index is 0.120. The van der Waals surface area contributed by atoms with Crippen LogP contribution in [0.1, 0.15) is 51.1 Å². The molecule has 0 radical (unpaired) electrons. The summed E-state index contributed by atoms with van der Waals surface area (Å²) in [5, 5.41) is 7.42. The van der Waals surface area contributed by atoms with Crippen molar-refractivity contribution in [2.45, 2.75) is 66.5 Å². The lowest BCUT2D eigenvalue weighted by Gasteiger charge is -2.30. The van der Waals surface area contributed by atoms with Gasteiger partial charge in [0.05, 0.1) is 5.69 Å². The third-order valence-electron chi connectivity index (χ3n) is 4.28. The summed E-state index contributed by atoms with van der Waals surface area (Å²) in [4.78, 5) is 14.4. The third kappa shape index (κ3) is 5.13. The molecular weight excluding hydrogens is 276 g/mol. The van der Waals surface area contributed by atoms with Crippen molar-refractivity contribution < 1.29 is 4.79 Å². The van der Waals surface area contributed by atoms with Crippen LogP contribution in [-0.4, -0.2) is 45.8 Å². The zero-order chi connectivity index (χ0) is 16.9. The van der Waals surface area contributed by atoms with Crippen molar-refractivity contribution >= 4 is 5.91 Å². The van der Waals surface area contributed by atoms with Gasteiger partial charge in [-0.15, -0.1) is 0 Å². The Morgan fingerprint density at radius 1 is 1.23 bits per heavy atom. The van der Waals surface area contributed by atoms with Crippen LogP contribution in [0.3, 0.4) is 0 Å². The van der Waals surface area contributed by atoms with Crippen LogP contribution in [0.25, 0.3) is 0 Å². The summed E-state index contributed by atoms with van der Waals surface area (Å²) in [7, 11) is 1.94. The Bertz CT molecular complexity index is 483. The van der Waals surface area contributed by atoms with Gasteiger partial charge >= 0.3 is 0 Å². The quantitative estimate of drug-likeness (QED) is 0.801. The van der Waals surface area contributed by atoms with Gasteiger partial charge in [-0.05, 0) is 53.5 Å². The van der Waals surface area contributed by atoms with Gasteiger partial charge in [0.15, 0.2) is 0 Å².